The Morgan fingerprint density at radius 3 is 2.72 bits per heavy atom. The second-order valence-corrected chi connectivity index (χ2v) is 5.21. The maximum absolute atomic E-state index is 11.7. The highest BCUT2D eigenvalue weighted by Gasteiger charge is 2.11. The number of benzene rings is 1. The number of halogens is 1. The molecule has 0 radical (unpaired) electrons. The van der Waals surface area contributed by atoms with Gasteiger partial charge in [0.05, 0.1) is 11.4 Å². The Morgan fingerprint density at radius 2 is 2.06 bits per heavy atom. The molecule has 0 aliphatic heterocycles. The predicted octanol–water partition coefficient (Wildman–Crippen LogP) is 3.77. The number of hydrogen-bond acceptors (Lipinski definition) is 4. The van der Waals surface area contributed by atoms with Gasteiger partial charge in [-0.15, -0.1) is 11.3 Å². The van der Waals surface area contributed by atoms with Crippen LogP contribution in [0.1, 0.15) is 15.2 Å². The van der Waals surface area contributed by atoms with E-state index in [1.54, 1.807) is 19.2 Å². The van der Waals surface area contributed by atoms with Crippen LogP contribution in [0.15, 0.2) is 36.4 Å². The Hall–Kier alpha value is -1.52. The van der Waals surface area contributed by atoms with Crippen LogP contribution in [0.5, 0.6) is 5.75 Å². The number of carbonyl (C=O) groups is 1. The average molecular weight is 283 g/mol. The van der Waals surface area contributed by atoms with Crippen LogP contribution in [0, 0.1) is 0 Å². The lowest BCUT2D eigenvalue weighted by Gasteiger charge is -2.08. The molecule has 0 amide bonds. The molecule has 0 spiro atoms. The third-order valence-electron chi connectivity index (χ3n) is 2.33. The molecule has 0 bridgehead atoms. The van der Waals surface area contributed by atoms with Crippen molar-refractivity contribution in [1.29, 1.82) is 0 Å². The zero-order valence-electron chi connectivity index (χ0n) is 9.68. The quantitative estimate of drug-likeness (QED) is 0.801. The molecule has 1 aromatic carbocycles. The molecule has 0 fully saturated rings. The van der Waals surface area contributed by atoms with Crippen molar-refractivity contribution in [2.45, 2.75) is 6.61 Å². The van der Waals surface area contributed by atoms with E-state index in [0.29, 0.717) is 15.0 Å². The van der Waals surface area contributed by atoms with E-state index in [1.807, 2.05) is 24.3 Å². The second-order valence-electron chi connectivity index (χ2n) is 3.49. The van der Waals surface area contributed by atoms with Crippen molar-refractivity contribution in [1.82, 2.24) is 0 Å². The van der Waals surface area contributed by atoms with E-state index < -0.39 is 0 Å². The van der Waals surface area contributed by atoms with Gasteiger partial charge in [-0.1, -0.05) is 29.8 Å². The van der Waals surface area contributed by atoms with Gasteiger partial charge in [0.25, 0.3) is 0 Å². The first-order valence-corrected chi connectivity index (χ1v) is 6.44. The van der Waals surface area contributed by atoms with Gasteiger partial charge in [0.1, 0.15) is 17.2 Å². The molecule has 18 heavy (non-hydrogen) atoms. The van der Waals surface area contributed by atoms with Crippen molar-refractivity contribution in [2.24, 2.45) is 0 Å². The minimum absolute atomic E-state index is 0.179. The number of esters is 1. The molecule has 94 valence electrons. The third-order valence-corrected chi connectivity index (χ3v) is 3.54. The zero-order valence-corrected chi connectivity index (χ0v) is 11.3. The fourth-order valence-corrected chi connectivity index (χ4v) is 2.40. The minimum Gasteiger partial charge on any atom is -0.496 e. The fourth-order valence-electron chi connectivity index (χ4n) is 1.46. The number of thiophene rings is 1. The highest BCUT2D eigenvalue weighted by molar-refractivity contribution is 7.17. The molecule has 0 aliphatic rings. The smallest absolute Gasteiger partial charge is 0.348 e. The SMILES string of the molecule is COc1ccccc1COC(=O)c1ccc(Cl)s1. The highest BCUT2D eigenvalue weighted by Crippen LogP contribution is 2.23. The Morgan fingerprint density at radius 1 is 1.28 bits per heavy atom. The maximum Gasteiger partial charge on any atom is 0.348 e. The Kier molecular flexibility index (Phi) is 4.23. The lowest BCUT2D eigenvalue weighted by atomic mass is 10.2. The molecular weight excluding hydrogens is 272 g/mol. The average Bonchev–Trinajstić information content (AvgIpc) is 2.83. The summed E-state index contributed by atoms with van der Waals surface area (Å²) in [5.74, 6) is 0.326. The van der Waals surface area contributed by atoms with Gasteiger partial charge in [0, 0.05) is 5.56 Å². The summed E-state index contributed by atoms with van der Waals surface area (Å²) in [6, 6.07) is 10.7. The molecule has 0 saturated heterocycles. The normalized spacial score (nSPS) is 10.1. The first-order chi connectivity index (χ1) is 8.70. The van der Waals surface area contributed by atoms with Crippen LogP contribution in [0.2, 0.25) is 4.34 Å². The van der Waals surface area contributed by atoms with Gasteiger partial charge in [0.15, 0.2) is 0 Å². The molecule has 0 saturated carbocycles. The van der Waals surface area contributed by atoms with Gasteiger partial charge in [-0.25, -0.2) is 4.79 Å². The second kappa shape index (κ2) is 5.89. The summed E-state index contributed by atoms with van der Waals surface area (Å²) in [7, 11) is 1.58. The zero-order chi connectivity index (χ0) is 13.0. The molecule has 0 N–H and O–H groups in total. The topological polar surface area (TPSA) is 35.5 Å². The summed E-state index contributed by atoms with van der Waals surface area (Å²) < 4.78 is 10.9. The number of hydrogen-bond donors (Lipinski definition) is 0. The summed E-state index contributed by atoms with van der Waals surface area (Å²) in [6.45, 7) is 0.179. The number of methoxy groups -OCH3 is 1. The molecule has 2 aromatic rings. The van der Waals surface area contributed by atoms with E-state index in [2.05, 4.69) is 0 Å². The van der Waals surface area contributed by atoms with Crippen molar-refractivity contribution < 1.29 is 14.3 Å². The number of para-hydroxylation sites is 1. The van der Waals surface area contributed by atoms with Gasteiger partial charge >= 0.3 is 5.97 Å². The van der Waals surface area contributed by atoms with E-state index in [1.165, 1.54) is 11.3 Å². The number of carbonyl (C=O) groups excluding carboxylic acids is 1. The molecule has 5 heteroatoms. The molecule has 3 nitrogen and oxygen atoms in total. The minimum atomic E-state index is -0.377. The van der Waals surface area contributed by atoms with Crippen LogP contribution < -0.4 is 4.74 Å². The lowest BCUT2D eigenvalue weighted by molar-refractivity contribution is 0.0476. The number of ether oxygens (including phenoxy) is 2. The van der Waals surface area contributed by atoms with Crippen LogP contribution in [0.4, 0.5) is 0 Å². The van der Waals surface area contributed by atoms with Crippen LogP contribution >= 0.6 is 22.9 Å². The molecule has 2 rings (SSSR count). The molecule has 0 unspecified atom stereocenters. The first-order valence-electron chi connectivity index (χ1n) is 5.25. The van der Waals surface area contributed by atoms with E-state index in [4.69, 9.17) is 21.1 Å². The Bertz CT molecular complexity index is 551. The summed E-state index contributed by atoms with van der Waals surface area (Å²) in [5, 5.41) is 0. The maximum atomic E-state index is 11.7. The van der Waals surface area contributed by atoms with Crippen LogP contribution in [-0.2, 0) is 11.3 Å². The summed E-state index contributed by atoms with van der Waals surface area (Å²) in [6.07, 6.45) is 0. The Balaban J connectivity index is 2.01. The van der Waals surface area contributed by atoms with Crippen molar-refractivity contribution in [3.8, 4) is 5.75 Å². The van der Waals surface area contributed by atoms with Crippen molar-refractivity contribution in [3.63, 3.8) is 0 Å². The summed E-state index contributed by atoms with van der Waals surface area (Å²) >= 11 is 6.96. The molecule has 0 aliphatic carbocycles. The van der Waals surface area contributed by atoms with Gasteiger partial charge in [0.2, 0.25) is 0 Å². The van der Waals surface area contributed by atoms with Crippen LogP contribution in [-0.4, -0.2) is 13.1 Å². The Labute approximate surface area is 114 Å². The van der Waals surface area contributed by atoms with E-state index in [0.717, 1.165) is 5.56 Å². The van der Waals surface area contributed by atoms with Crippen molar-refractivity contribution in [3.05, 3.63) is 51.2 Å². The summed E-state index contributed by atoms with van der Waals surface area (Å²) in [4.78, 5) is 12.2. The van der Waals surface area contributed by atoms with Gasteiger partial charge < -0.3 is 9.47 Å². The molecule has 0 atom stereocenters. The monoisotopic (exact) mass is 282 g/mol. The first kappa shape index (κ1) is 12.9. The number of rotatable bonds is 4. The van der Waals surface area contributed by atoms with Crippen LogP contribution in [0.25, 0.3) is 0 Å². The van der Waals surface area contributed by atoms with Crippen molar-refractivity contribution >= 4 is 28.9 Å². The van der Waals surface area contributed by atoms with E-state index in [9.17, 15) is 4.79 Å². The fraction of sp³-hybridized carbons (Fsp3) is 0.154. The van der Waals surface area contributed by atoms with Gasteiger partial charge in [-0.05, 0) is 18.2 Å². The lowest BCUT2D eigenvalue weighted by Crippen LogP contribution is -2.04. The van der Waals surface area contributed by atoms with E-state index >= 15 is 0 Å². The van der Waals surface area contributed by atoms with Crippen LogP contribution in [0.3, 0.4) is 0 Å². The summed E-state index contributed by atoms with van der Waals surface area (Å²) in [5.41, 5.74) is 0.830. The highest BCUT2D eigenvalue weighted by atomic mass is 35.5. The van der Waals surface area contributed by atoms with Crippen molar-refractivity contribution in [2.75, 3.05) is 7.11 Å². The van der Waals surface area contributed by atoms with Gasteiger partial charge in [-0.2, -0.15) is 0 Å². The molecular formula is C13H11ClO3S. The predicted molar refractivity (Wildman–Crippen MR) is 71.4 cm³/mol. The van der Waals surface area contributed by atoms with E-state index in [-0.39, 0.29) is 12.6 Å². The molecule has 1 aromatic heterocycles. The third kappa shape index (κ3) is 3.03. The standard InChI is InChI=1S/C13H11ClO3S/c1-16-10-5-3-2-4-9(10)8-17-13(15)11-6-7-12(14)18-11/h2-7H,8H2,1H3. The molecule has 1 heterocycles. The largest absolute Gasteiger partial charge is 0.496 e. The van der Waals surface area contributed by atoms with Gasteiger partial charge in [-0.3, -0.25) is 0 Å².